The topological polar surface area (TPSA) is 44.8 Å². The van der Waals surface area contributed by atoms with Gasteiger partial charge in [0.2, 0.25) is 5.91 Å². The van der Waals surface area contributed by atoms with E-state index in [2.05, 4.69) is 65.0 Å². The largest absolute Gasteiger partial charge is 0.379 e. The van der Waals surface area contributed by atoms with E-state index in [4.69, 9.17) is 4.74 Å². The third-order valence-electron chi connectivity index (χ3n) is 5.05. The third-order valence-corrected chi connectivity index (χ3v) is 5.79. The summed E-state index contributed by atoms with van der Waals surface area (Å²) in [6.07, 6.45) is 2.07. The summed E-state index contributed by atoms with van der Waals surface area (Å²) in [4.78, 5) is 18.0. The maximum absolute atomic E-state index is 12.3. The van der Waals surface area contributed by atoms with Crippen molar-refractivity contribution in [2.24, 2.45) is 0 Å². The number of hydrogen-bond acceptors (Lipinski definition) is 5. The molecule has 0 aliphatic carbocycles. The normalized spacial score (nSPS) is 14.9. The van der Waals surface area contributed by atoms with E-state index in [-0.39, 0.29) is 5.91 Å². The first-order chi connectivity index (χ1) is 14.1. The molecule has 0 spiro atoms. The first-order valence-corrected chi connectivity index (χ1v) is 11.3. The van der Waals surface area contributed by atoms with Crippen molar-refractivity contribution in [2.75, 3.05) is 46.2 Å². The molecule has 1 N–H and O–H groups in total. The first-order valence-electron chi connectivity index (χ1n) is 10.1. The Morgan fingerprint density at radius 1 is 1.03 bits per heavy atom. The summed E-state index contributed by atoms with van der Waals surface area (Å²) in [5.74, 6) is 0.0469. The van der Waals surface area contributed by atoms with E-state index in [9.17, 15) is 4.79 Å². The van der Waals surface area contributed by atoms with Gasteiger partial charge in [-0.05, 0) is 42.1 Å². The van der Waals surface area contributed by atoms with E-state index >= 15 is 0 Å². The number of rotatable bonds is 9. The molecule has 0 radical (unpaired) electrons. The highest BCUT2D eigenvalue weighted by Crippen LogP contribution is 2.15. The number of nitrogens with one attached hydrogen (secondary N) is 1. The zero-order valence-corrected chi connectivity index (χ0v) is 18.2. The standard InChI is InChI=1S/C23H31N3O2S/c1-25(16-20-7-9-22(29-2)10-8-20)18-23(27)24-15-19-3-5-21(6-4-19)17-26-11-13-28-14-12-26/h3-10H,11-18H2,1-2H3,(H,24,27). The predicted molar refractivity (Wildman–Crippen MR) is 119 cm³/mol. The van der Waals surface area contributed by atoms with E-state index < -0.39 is 0 Å². The molecule has 5 nitrogen and oxygen atoms in total. The van der Waals surface area contributed by atoms with Gasteiger partial charge in [0.1, 0.15) is 0 Å². The second-order valence-corrected chi connectivity index (χ2v) is 8.38. The average Bonchev–Trinajstić information content (AvgIpc) is 2.74. The van der Waals surface area contributed by atoms with Crippen LogP contribution in [0.5, 0.6) is 0 Å². The monoisotopic (exact) mass is 413 g/mol. The first kappa shape index (κ1) is 21.8. The second-order valence-electron chi connectivity index (χ2n) is 7.50. The summed E-state index contributed by atoms with van der Waals surface area (Å²) >= 11 is 1.74. The predicted octanol–water partition coefficient (Wildman–Crippen LogP) is 2.99. The van der Waals surface area contributed by atoms with Crippen LogP contribution in [0.2, 0.25) is 0 Å². The number of nitrogens with zero attached hydrogens (tertiary/aromatic N) is 2. The van der Waals surface area contributed by atoms with Crippen LogP contribution in [0.15, 0.2) is 53.4 Å². The molecular weight excluding hydrogens is 382 g/mol. The summed E-state index contributed by atoms with van der Waals surface area (Å²) in [7, 11) is 1.97. The number of thioether (sulfide) groups is 1. The van der Waals surface area contributed by atoms with Crippen LogP contribution >= 0.6 is 11.8 Å². The summed E-state index contributed by atoms with van der Waals surface area (Å²) in [6.45, 7) is 6.30. The molecule has 2 aromatic rings. The van der Waals surface area contributed by atoms with E-state index in [0.717, 1.165) is 45.0 Å². The average molecular weight is 414 g/mol. The van der Waals surface area contributed by atoms with Crippen molar-refractivity contribution >= 4 is 17.7 Å². The summed E-state index contributed by atoms with van der Waals surface area (Å²) in [6, 6.07) is 17.0. The zero-order valence-electron chi connectivity index (χ0n) is 17.4. The van der Waals surface area contributed by atoms with Crippen molar-refractivity contribution in [1.29, 1.82) is 0 Å². The summed E-state index contributed by atoms with van der Waals surface area (Å²) < 4.78 is 5.39. The lowest BCUT2D eigenvalue weighted by Gasteiger charge is -2.26. The van der Waals surface area contributed by atoms with Gasteiger partial charge < -0.3 is 10.1 Å². The van der Waals surface area contributed by atoms with Gasteiger partial charge in [0.15, 0.2) is 0 Å². The minimum Gasteiger partial charge on any atom is -0.379 e. The van der Waals surface area contributed by atoms with Crippen molar-refractivity contribution in [2.45, 2.75) is 24.5 Å². The Labute approximate surface area is 178 Å². The molecular formula is C23H31N3O2S. The third kappa shape index (κ3) is 7.48. The van der Waals surface area contributed by atoms with Gasteiger partial charge in [0, 0.05) is 37.6 Å². The van der Waals surface area contributed by atoms with Crippen LogP contribution in [0.1, 0.15) is 16.7 Å². The van der Waals surface area contributed by atoms with Crippen molar-refractivity contribution in [1.82, 2.24) is 15.1 Å². The number of carbonyl (C=O) groups is 1. The van der Waals surface area contributed by atoms with Crippen LogP contribution in [-0.4, -0.2) is 61.9 Å². The number of hydrogen-bond donors (Lipinski definition) is 1. The molecule has 29 heavy (non-hydrogen) atoms. The summed E-state index contributed by atoms with van der Waals surface area (Å²) in [5.41, 5.74) is 3.64. The highest BCUT2D eigenvalue weighted by molar-refractivity contribution is 7.98. The van der Waals surface area contributed by atoms with Gasteiger partial charge in [0.25, 0.3) is 0 Å². The lowest BCUT2D eigenvalue weighted by atomic mass is 10.1. The maximum Gasteiger partial charge on any atom is 0.234 e. The Morgan fingerprint density at radius 2 is 1.66 bits per heavy atom. The second kappa shape index (κ2) is 11.4. The van der Waals surface area contributed by atoms with E-state index in [1.165, 1.54) is 16.0 Å². The molecule has 1 aliphatic heterocycles. The molecule has 6 heteroatoms. The Kier molecular flexibility index (Phi) is 8.55. The fourth-order valence-electron chi connectivity index (χ4n) is 3.38. The molecule has 3 rings (SSSR count). The Hall–Kier alpha value is -1.86. The number of morpholine rings is 1. The Balaban J connectivity index is 1.38. The van der Waals surface area contributed by atoms with Crippen molar-refractivity contribution in [3.8, 4) is 0 Å². The molecule has 1 amide bonds. The number of likely N-dealkylation sites (N-methyl/N-ethyl adjacent to an activating group) is 1. The van der Waals surface area contributed by atoms with Gasteiger partial charge in [-0.1, -0.05) is 36.4 Å². The molecule has 156 valence electrons. The Morgan fingerprint density at radius 3 is 2.31 bits per heavy atom. The molecule has 0 saturated carbocycles. The molecule has 0 bridgehead atoms. The number of amides is 1. The molecule has 1 aliphatic rings. The van der Waals surface area contributed by atoms with E-state index in [0.29, 0.717) is 13.1 Å². The highest BCUT2D eigenvalue weighted by Gasteiger charge is 2.11. The summed E-state index contributed by atoms with van der Waals surface area (Å²) in [5, 5.41) is 3.02. The van der Waals surface area contributed by atoms with E-state index in [1.54, 1.807) is 11.8 Å². The quantitative estimate of drug-likeness (QED) is 0.641. The van der Waals surface area contributed by atoms with Crippen LogP contribution in [0.25, 0.3) is 0 Å². The lowest BCUT2D eigenvalue weighted by Crippen LogP contribution is -2.35. The van der Waals surface area contributed by atoms with Gasteiger partial charge in [-0.25, -0.2) is 0 Å². The van der Waals surface area contributed by atoms with Gasteiger partial charge in [-0.15, -0.1) is 11.8 Å². The van der Waals surface area contributed by atoms with Crippen molar-refractivity contribution in [3.05, 3.63) is 65.2 Å². The number of benzene rings is 2. The van der Waals surface area contributed by atoms with E-state index in [1.807, 2.05) is 11.9 Å². The highest BCUT2D eigenvalue weighted by atomic mass is 32.2. The molecule has 0 unspecified atom stereocenters. The Bertz CT molecular complexity index is 759. The smallest absolute Gasteiger partial charge is 0.234 e. The molecule has 0 atom stereocenters. The number of carbonyl (C=O) groups excluding carboxylic acids is 1. The van der Waals surface area contributed by atoms with Crippen molar-refractivity contribution < 1.29 is 9.53 Å². The minimum atomic E-state index is 0.0469. The fourth-order valence-corrected chi connectivity index (χ4v) is 3.79. The molecule has 1 heterocycles. The van der Waals surface area contributed by atoms with Crippen LogP contribution < -0.4 is 5.32 Å². The van der Waals surface area contributed by atoms with Crippen LogP contribution in [0, 0.1) is 0 Å². The number of ether oxygens (including phenoxy) is 1. The van der Waals surface area contributed by atoms with Crippen LogP contribution in [-0.2, 0) is 29.2 Å². The van der Waals surface area contributed by atoms with Crippen molar-refractivity contribution in [3.63, 3.8) is 0 Å². The van der Waals surface area contributed by atoms with Gasteiger partial charge in [-0.3, -0.25) is 14.6 Å². The van der Waals surface area contributed by atoms with Gasteiger partial charge >= 0.3 is 0 Å². The minimum absolute atomic E-state index is 0.0469. The lowest BCUT2D eigenvalue weighted by molar-refractivity contribution is -0.122. The van der Waals surface area contributed by atoms with Crippen LogP contribution in [0.3, 0.4) is 0 Å². The zero-order chi connectivity index (χ0) is 20.5. The molecule has 1 saturated heterocycles. The van der Waals surface area contributed by atoms with Gasteiger partial charge in [-0.2, -0.15) is 0 Å². The molecule has 1 fully saturated rings. The molecule has 2 aromatic carbocycles. The van der Waals surface area contributed by atoms with Crippen LogP contribution in [0.4, 0.5) is 0 Å². The molecule has 0 aromatic heterocycles. The van der Waals surface area contributed by atoms with Gasteiger partial charge in [0.05, 0.1) is 19.8 Å². The maximum atomic E-state index is 12.3. The fraction of sp³-hybridized carbons (Fsp3) is 0.435. The SMILES string of the molecule is CSc1ccc(CN(C)CC(=O)NCc2ccc(CN3CCOCC3)cc2)cc1.